The average molecular weight is 233 g/mol. The number of ether oxygens (including phenoxy) is 1. The molecule has 1 aliphatic rings. The Labute approximate surface area is 102 Å². The van der Waals surface area contributed by atoms with E-state index in [1.54, 1.807) is 0 Å². The highest BCUT2D eigenvalue weighted by molar-refractivity contribution is 5.73. The molecule has 1 aliphatic heterocycles. The number of rotatable bonds is 3. The summed E-state index contributed by atoms with van der Waals surface area (Å²) in [5.74, 6) is 0.370. The van der Waals surface area contributed by atoms with Crippen molar-refractivity contribution in [3.8, 4) is 0 Å². The number of carbonyl (C=O) groups is 1. The molecule has 1 heterocycles. The second kappa shape index (κ2) is 5.82. The van der Waals surface area contributed by atoms with Crippen molar-refractivity contribution in [3.05, 3.63) is 35.9 Å². The van der Waals surface area contributed by atoms with Gasteiger partial charge in [-0.05, 0) is 31.0 Å². The van der Waals surface area contributed by atoms with E-state index in [-0.39, 0.29) is 11.9 Å². The molecular weight excluding hydrogens is 214 g/mol. The molecule has 1 aromatic carbocycles. The molecule has 0 amide bonds. The van der Waals surface area contributed by atoms with E-state index in [2.05, 4.69) is 12.2 Å². The first-order valence-corrected chi connectivity index (χ1v) is 6.18. The van der Waals surface area contributed by atoms with Crippen molar-refractivity contribution in [1.82, 2.24) is 5.32 Å². The number of hydrogen-bond donors (Lipinski definition) is 1. The van der Waals surface area contributed by atoms with Gasteiger partial charge in [-0.2, -0.15) is 0 Å². The maximum absolute atomic E-state index is 11.9. The van der Waals surface area contributed by atoms with Gasteiger partial charge in [0.25, 0.3) is 0 Å². The maximum atomic E-state index is 11.9. The lowest BCUT2D eigenvalue weighted by atomic mass is 9.88. The molecule has 1 fully saturated rings. The van der Waals surface area contributed by atoms with Crippen LogP contribution in [0.4, 0.5) is 0 Å². The van der Waals surface area contributed by atoms with Crippen molar-refractivity contribution in [2.45, 2.75) is 20.0 Å². The molecule has 92 valence electrons. The van der Waals surface area contributed by atoms with Crippen LogP contribution in [0, 0.1) is 11.8 Å². The van der Waals surface area contributed by atoms with Crippen molar-refractivity contribution < 1.29 is 9.53 Å². The van der Waals surface area contributed by atoms with E-state index in [0.717, 1.165) is 25.1 Å². The van der Waals surface area contributed by atoms with Gasteiger partial charge in [0.05, 0.1) is 5.92 Å². The summed E-state index contributed by atoms with van der Waals surface area (Å²) in [4.78, 5) is 11.9. The molecule has 1 aromatic rings. The highest BCUT2D eigenvalue weighted by Crippen LogP contribution is 2.20. The van der Waals surface area contributed by atoms with Crippen molar-refractivity contribution in [2.24, 2.45) is 11.8 Å². The largest absolute Gasteiger partial charge is 0.461 e. The molecule has 3 heteroatoms. The number of piperidine rings is 1. The van der Waals surface area contributed by atoms with E-state index < -0.39 is 0 Å². The van der Waals surface area contributed by atoms with E-state index in [1.165, 1.54) is 0 Å². The molecule has 0 unspecified atom stereocenters. The van der Waals surface area contributed by atoms with E-state index >= 15 is 0 Å². The Morgan fingerprint density at radius 3 is 2.88 bits per heavy atom. The number of benzene rings is 1. The van der Waals surface area contributed by atoms with Crippen LogP contribution in [0.2, 0.25) is 0 Å². The first kappa shape index (κ1) is 12.1. The third kappa shape index (κ3) is 3.30. The average Bonchev–Trinajstić information content (AvgIpc) is 2.38. The first-order chi connectivity index (χ1) is 8.27. The lowest BCUT2D eigenvalue weighted by Crippen LogP contribution is -2.39. The van der Waals surface area contributed by atoms with Crippen LogP contribution in [0.25, 0.3) is 0 Å². The molecule has 0 aliphatic carbocycles. The Hall–Kier alpha value is -1.35. The Morgan fingerprint density at radius 2 is 2.18 bits per heavy atom. The Kier molecular flexibility index (Phi) is 4.15. The van der Waals surface area contributed by atoms with Crippen LogP contribution in [0.15, 0.2) is 30.3 Å². The highest BCUT2D eigenvalue weighted by Gasteiger charge is 2.28. The van der Waals surface area contributed by atoms with Gasteiger partial charge < -0.3 is 10.1 Å². The second-order valence-electron chi connectivity index (χ2n) is 4.67. The van der Waals surface area contributed by atoms with Gasteiger partial charge in [-0.25, -0.2) is 0 Å². The number of nitrogens with one attached hydrogen (secondary N) is 1. The summed E-state index contributed by atoms with van der Waals surface area (Å²) < 4.78 is 5.37. The predicted molar refractivity (Wildman–Crippen MR) is 66.4 cm³/mol. The summed E-state index contributed by atoms with van der Waals surface area (Å²) in [5.41, 5.74) is 1.04. The molecule has 0 bridgehead atoms. The van der Waals surface area contributed by atoms with Gasteiger partial charge in [0.2, 0.25) is 0 Å². The van der Waals surface area contributed by atoms with Crippen LogP contribution in [0.3, 0.4) is 0 Å². The van der Waals surface area contributed by atoms with Gasteiger partial charge in [-0.15, -0.1) is 0 Å². The molecule has 1 N–H and O–H groups in total. The van der Waals surface area contributed by atoms with Crippen molar-refractivity contribution in [3.63, 3.8) is 0 Å². The molecular formula is C14H19NO2. The highest BCUT2D eigenvalue weighted by atomic mass is 16.5. The number of esters is 1. The van der Waals surface area contributed by atoms with Crippen molar-refractivity contribution in [2.75, 3.05) is 13.1 Å². The van der Waals surface area contributed by atoms with E-state index in [9.17, 15) is 4.79 Å². The summed E-state index contributed by atoms with van der Waals surface area (Å²) in [6.45, 7) is 4.30. The smallest absolute Gasteiger partial charge is 0.309 e. The van der Waals surface area contributed by atoms with Gasteiger partial charge in [-0.1, -0.05) is 37.3 Å². The normalized spacial score (nSPS) is 24.3. The molecule has 2 atom stereocenters. The molecule has 2 rings (SSSR count). The maximum Gasteiger partial charge on any atom is 0.309 e. The zero-order chi connectivity index (χ0) is 12.1. The molecule has 0 saturated carbocycles. The van der Waals surface area contributed by atoms with Gasteiger partial charge >= 0.3 is 5.97 Å². The zero-order valence-electron chi connectivity index (χ0n) is 10.2. The van der Waals surface area contributed by atoms with Crippen LogP contribution in [-0.2, 0) is 16.1 Å². The van der Waals surface area contributed by atoms with E-state index in [4.69, 9.17) is 4.74 Å². The summed E-state index contributed by atoms with van der Waals surface area (Å²) in [6, 6.07) is 9.81. The van der Waals surface area contributed by atoms with E-state index in [0.29, 0.717) is 12.5 Å². The monoisotopic (exact) mass is 233 g/mol. The summed E-state index contributed by atoms with van der Waals surface area (Å²) in [7, 11) is 0. The van der Waals surface area contributed by atoms with Crippen LogP contribution in [0.5, 0.6) is 0 Å². The quantitative estimate of drug-likeness (QED) is 0.811. The predicted octanol–water partition coefficient (Wildman–Crippen LogP) is 1.98. The molecule has 3 nitrogen and oxygen atoms in total. The Bertz CT molecular complexity index is 364. The van der Waals surface area contributed by atoms with Crippen LogP contribution in [0.1, 0.15) is 18.9 Å². The number of hydrogen-bond acceptors (Lipinski definition) is 3. The minimum absolute atomic E-state index is 0.0529. The lowest BCUT2D eigenvalue weighted by Gasteiger charge is -2.27. The zero-order valence-corrected chi connectivity index (χ0v) is 10.2. The number of carbonyl (C=O) groups excluding carboxylic acids is 1. The van der Waals surface area contributed by atoms with Crippen LogP contribution >= 0.6 is 0 Å². The van der Waals surface area contributed by atoms with Crippen LogP contribution < -0.4 is 5.32 Å². The van der Waals surface area contributed by atoms with Crippen LogP contribution in [-0.4, -0.2) is 19.1 Å². The Morgan fingerprint density at radius 1 is 1.41 bits per heavy atom. The third-order valence-corrected chi connectivity index (χ3v) is 3.31. The fourth-order valence-electron chi connectivity index (χ4n) is 2.20. The summed E-state index contributed by atoms with van der Waals surface area (Å²) in [6.07, 6.45) is 0.884. The molecule has 0 spiro atoms. The minimum Gasteiger partial charge on any atom is -0.461 e. The van der Waals surface area contributed by atoms with E-state index in [1.807, 2.05) is 30.3 Å². The summed E-state index contributed by atoms with van der Waals surface area (Å²) in [5, 5.41) is 3.29. The molecule has 0 aromatic heterocycles. The van der Waals surface area contributed by atoms with Crippen molar-refractivity contribution >= 4 is 5.97 Å². The fraction of sp³-hybridized carbons (Fsp3) is 0.500. The first-order valence-electron chi connectivity index (χ1n) is 6.18. The Balaban J connectivity index is 1.84. The van der Waals surface area contributed by atoms with Gasteiger partial charge in [0.15, 0.2) is 0 Å². The minimum atomic E-state index is -0.0529. The van der Waals surface area contributed by atoms with Gasteiger partial charge in [-0.3, -0.25) is 4.79 Å². The molecule has 17 heavy (non-hydrogen) atoms. The summed E-state index contributed by atoms with van der Waals surface area (Å²) >= 11 is 0. The third-order valence-electron chi connectivity index (χ3n) is 3.31. The van der Waals surface area contributed by atoms with Gasteiger partial charge in [0, 0.05) is 0 Å². The fourth-order valence-corrected chi connectivity index (χ4v) is 2.20. The topological polar surface area (TPSA) is 38.3 Å². The SMILES string of the molecule is C[C@@H]1CNCC[C@H]1C(=O)OCc1ccccc1. The van der Waals surface area contributed by atoms with Gasteiger partial charge in [0.1, 0.15) is 6.61 Å². The second-order valence-corrected chi connectivity index (χ2v) is 4.67. The molecule has 0 radical (unpaired) electrons. The molecule has 1 saturated heterocycles. The standard InChI is InChI=1S/C14H19NO2/c1-11-9-15-8-7-13(11)14(16)17-10-12-5-3-2-4-6-12/h2-6,11,13,15H,7-10H2,1H3/t11-,13-/m1/s1. The van der Waals surface area contributed by atoms with Crippen molar-refractivity contribution in [1.29, 1.82) is 0 Å². The lowest BCUT2D eigenvalue weighted by molar-refractivity contribution is -0.152.